The van der Waals surface area contributed by atoms with Crippen LogP contribution in [0.25, 0.3) is 0 Å². The molecule has 1 aliphatic rings. The van der Waals surface area contributed by atoms with Gasteiger partial charge in [0.15, 0.2) is 5.82 Å². The molecule has 1 atom stereocenters. The summed E-state index contributed by atoms with van der Waals surface area (Å²) in [7, 11) is 0. The quantitative estimate of drug-likeness (QED) is 0.888. The van der Waals surface area contributed by atoms with Gasteiger partial charge in [0.05, 0.1) is 6.54 Å². The van der Waals surface area contributed by atoms with E-state index in [1.165, 1.54) is 6.39 Å². The number of carbonyl (C=O) groups is 1. The van der Waals surface area contributed by atoms with E-state index in [1.807, 2.05) is 29.2 Å². The third kappa shape index (κ3) is 2.34. The maximum absolute atomic E-state index is 11.4. The minimum absolute atomic E-state index is 0.377. The highest BCUT2D eigenvalue weighted by Crippen LogP contribution is 2.24. The third-order valence-corrected chi connectivity index (χ3v) is 3.38. The molecule has 0 radical (unpaired) electrons. The predicted octanol–water partition coefficient (Wildman–Crippen LogP) is 1.08. The highest BCUT2D eigenvalue weighted by molar-refractivity contribution is 5.74. The van der Waals surface area contributed by atoms with E-state index in [9.17, 15) is 9.90 Å². The highest BCUT2D eigenvalue weighted by atomic mass is 16.5. The lowest BCUT2D eigenvalue weighted by atomic mass is 9.94. The van der Waals surface area contributed by atoms with Crippen molar-refractivity contribution in [3.63, 3.8) is 0 Å². The number of aromatic nitrogens is 2. The second-order valence-corrected chi connectivity index (χ2v) is 4.58. The lowest BCUT2D eigenvalue weighted by molar-refractivity contribution is -0.144. The fourth-order valence-corrected chi connectivity index (χ4v) is 2.43. The monoisotopic (exact) mass is 259 g/mol. The summed E-state index contributed by atoms with van der Waals surface area (Å²) in [6, 6.07) is 7.36. The normalized spacial score (nSPS) is 19.1. The summed E-state index contributed by atoms with van der Waals surface area (Å²) in [5.41, 5.74) is 2.25. The molecule has 1 N–H and O–H groups in total. The molecule has 3 rings (SSSR count). The van der Waals surface area contributed by atoms with Gasteiger partial charge in [-0.3, -0.25) is 9.69 Å². The van der Waals surface area contributed by atoms with Crippen molar-refractivity contribution in [2.75, 3.05) is 0 Å². The molecular weight excluding hydrogens is 246 g/mol. The minimum atomic E-state index is -0.821. The summed E-state index contributed by atoms with van der Waals surface area (Å²) in [6.45, 7) is 0.962. The Morgan fingerprint density at radius 2 is 2.21 bits per heavy atom. The highest BCUT2D eigenvalue weighted by Gasteiger charge is 2.31. The fourth-order valence-electron chi connectivity index (χ4n) is 2.43. The maximum Gasteiger partial charge on any atom is 0.321 e. The van der Waals surface area contributed by atoms with E-state index >= 15 is 0 Å². The van der Waals surface area contributed by atoms with Crippen LogP contribution in [0.5, 0.6) is 0 Å². The van der Waals surface area contributed by atoms with Gasteiger partial charge in [0, 0.05) is 6.54 Å². The van der Waals surface area contributed by atoms with Gasteiger partial charge in [0.25, 0.3) is 0 Å². The van der Waals surface area contributed by atoms with Crippen molar-refractivity contribution in [1.82, 2.24) is 15.0 Å². The van der Waals surface area contributed by atoms with Gasteiger partial charge < -0.3 is 9.63 Å². The van der Waals surface area contributed by atoms with E-state index in [2.05, 4.69) is 14.7 Å². The molecule has 6 heteroatoms. The summed E-state index contributed by atoms with van der Waals surface area (Å²) in [6.07, 6.45) is 1.76. The lowest BCUT2D eigenvalue weighted by Crippen LogP contribution is -2.45. The van der Waals surface area contributed by atoms with E-state index in [4.69, 9.17) is 0 Å². The molecular formula is C13H13N3O3. The summed E-state index contributed by atoms with van der Waals surface area (Å²) in [4.78, 5) is 17.2. The summed E-state index contributed by atoms with van der Waals surface area (Å²) < 4.78 is 4.69. The molecule has 0 saturated heterocycles. The Labute approximate surface area is 109 Å². The minimum Gasteiger partial charge on any atom is -0.480 e. The van der Waals surface area contributed by atoms with Crippen molar-refractivity contribution < 1.29 is 14.4 Å². The van der Waals surface area contributed by atoms with Gasteiger partial charge in [-0.05, 0) is 17.5 Å². The van der Waals surface area contributed by atoms with Crippen molar-refractivity contribution in [1.29, 1.82) is 0 Å². The Kier molecular flexibility index (Phi) is 3.00. The van der Waals surface area contributed by atoms with Crippen LogP contribution in [0.1, 0.15) is 17.0 Å². The summed E-state index contributed by atoms with van der Waals surface area (Å²) >= 11 is 0. The Morgan fingerprint density at radius 3 is 2.89 bits per heavy atom. The topological polar surface area (TPSA) is 79.5 Å². The molecule has 0 spiro atoms. The second kappa shape index (κ2) is 4.81. The van der Waals surface area contributed by atoms with Crippen LogP contribution in [0.4, 0.5) is 0 Å². The number of hydrogen-bond donors (Lipinski definition) is 1. The zero-order chi connectivity index (χ0) is 13.2. The molecule has 19 heavy (non-hydrogen) atoms. The first-order valence-corrected chi connectivity index (χ1v) is 6.03. The van der Waals surface area contributed by atoms with Gasteiger partial charge in [-0.25, -0.2) is 0 Å². The van der Waals surface area contributed by atoms with Crippen LogP contribution in [0.15, 0.2) is 35.2 Å². The van der Waals surface area contributed by atoms with Crippen LogP contribution < -0.4 is 0 Å². The Hall–Kier alpha value is -2.21. The molecule has 0 fully saturated rings. The Morgan fingerprint density at radius 1 is 1.42 bits per heavy atom. The number of benzene rings is 1. The Balaban J connectivity index is 1.87. The molecule has 1 unspecified atom stereocenters. The van der Waals surface area contributed by atoms with E-state index in [0.717, 1.165) is 11.1 Å². The molecule has 0 amide bonds. The van der Waals surface area contributed by atoms with E-state index in [1.54, 1.807) is 0 Å². The molecule has 6 nitrogen and oxygen atoms in total. The predicted molar refractivity (Wildman–Crippen MR) is 65.1 cm³/mol. The third-order valence-electron chi connectivity index (χ3n) is 3.38. The van der Waals surface area contributed by atoms with Crippen LogP contribution in [0.3, 0.4) is 0 Å². The number of rotatable bonds is 3. The van der Waals surface area contributed by atoms with Crippen molar-refractivity contribution >= 4 is 5.97 Å². The molecule has 2 aromatic rings. The van der Waals surface area contributed by atoms with Gasteiger partial charge in [0.1, 0.15) is 6.04 Å². The van der Waals surface area contributed by atoms with E-state index in [0.29, 0.717) is 25.3 Å². The van der Waals surface area contributed by atoms with Crippen LogP contribution >= 0.6 is 0 Å². The number of nitrogens with zero attached hydrogens (tertiary/aromatic N) is 3. The lowest BCUT2D eigenvalue weighted by Gasteiger charge is -2.33. The van der Waals surface area contributed by atoms with Gasteiger partial charge in [-0.1, -0.05) is 29.4 Å². The van der Waals surface area contributed by atoms with Crippen LogP contribution in [-0.4, -0.2) is 32.2 Å². The van der Waals surface area contributed by atoms with Crippen LogP contribution in [0.2, 0.25) is 0 Å². The Bertz CT molecular complexity index is 583. The number of hydrogen-bond acceptors (Lipinski definition) is 5. The van der Waals surface area contributed by atoms with Gasteiger partial charge >= 0.3 is 5.97 Å². The largest absolute Gasteiger partial charge is 0.480 e. The number of carboxylic acids is 1. The van der Waals surface area contributed by atoms with Gasteiger partial charge in [-0.2, -0.15) is 4.98 Å². The molecule has 0 bridgehead atoms. The van der Waals surface area contributed by atoms with Crippen LogP contribution in [-0.2, 0) is 24.3 Å². The second-order valence-electron chi connectivity index (χ2n) is 4.58. The molecule has 98 valence electrons. The van der Waals surface area contributed by atoms with Gasteiger partial charge in [0.2, 0.25) is 6.39 Å². The first-order valence-electron chi connectivity index (χ1n) is 6.03. The SMILES string of the molecule is O=C(O)C1Cc2ccccc2CN1Cc1ncon1. The standard InChI is InChI=1S/C13H13N3O3/c17-13(18)11-5-9-3-1-2-4-10(9)6-16(11)7-12-14-8-19-15-12/h1-4,8,11H,5-7H2,(H,17,18). The average molecular weight is 259 g/mol. The molecule has 2 heterocycles. The number of aliphatic carboxylic acids is 1. The molecule has 0 saturated carbocycles. The fraction of sp³-hybridized carbons (Fsp3) is 0.308. The number of fused-ring (bicyclic) bond motifs is 1. The molecule has 0 aliphatic carbocycles. The van der Waals surface area contributed by atoms with Crippen molar-refractivity contribution in [3.8, 4) is 0 Å². The number of carboxylic acid groups (broad SMARTS) is 1. The average Bonchev–Trinajstić information content (AvgIpc) is 2.90. The smallest absolute Gasteiger partial charge is 0.321 e. The van der Waals surface area contributed by atoms with Crippen molar-refractivity contribution in [2.24, 2.45) is 0 Å². The van der Waals surface area contributed by atoms with Gasteiger partial charge in [-0.15, -0.1) is 0 Å². The van der Waals surface area contributed by atoms with Crippen LogP contribution in [0, 0.1) is 0 Å². The van der Waals surface area contributed by atoms with E-state index < -0.39 is 12.0 Å². The molecule has 1 aromatic carbocycles. The first kappa shape index (κ1) is 11.9. The van der Waals surface area contributed by atoms with Crippen molar-refractivity contribution in [2.45, 2.75) is 25.6 Å². The van der Waals surface area contributed by atoms with Crippen molar-refractivity contribution in [3.05, 3.63) is 47.6 Å². The summed E-state index contributed by atoms with van der Waals surface area (Å²) in [5, 5.41) is 13.1. The first-order chi connectivity index (χ1) is 9.24. The van der Waals surface area contributed by atoms with E-state index in [-0.39, 0.29) is 0 Å². The zero-order valence-electron chi connectivity index (χ0n) is 10.2. The molecule has 1 aliphatic heterocycles. The molecule has 1 aromatic heterocycles. The maximum atomic E-state index is 11.4. The zero-order valence-corrected chi connectivity index (χ0v) is 10.2. The summed E-state index contributed by atoms with van der Waals surface area (Å²) in [5.74, 6) is -0.316.